The van der Waals surface area contributed by atoms with Gasteiger partial charge in [0.15, 0.2) is 0 Å². The SMILES string of the molecule is CSCCC1CCC(Cl)C1C. The summed E-state index contributed by atoms with van der Waals surface area (Å²) in [4.78, 5) is 0. The van der Waals surface area contributed by atoms with E-state index in [0.717, 1.165) is 11.8 Å². The lowest BCUT2D eigenvalue weighted by Crippen LogP contribution is -2.11. The van der Waals surface area contributed by atoms with Gasteiger partial charge in [0, 0.05) is 5.38 Å². The predicted octanol–water partition coefficient (Wildman–Crippen LogP) is 3.39. The first kappa shape index (κ1) is 9.73. The third kappa shape index (κ3) is 2.55. The first-order valence-electron chi connectivity index (χ1n) is 4.38. The second-order valence-electron chi connectivity index (χ2n) is 3.49. The zero-order valence-electron chi connectivity index (χ0n) is 7.35. The minimum atomic E-state index is 0.460. The van der Waals surface area contributed by atoms with Gasteiger partial charge in [0.05, 0.1) is 0 Å². The maximum absolute atomic E-state index is 6.13. The summed E-state index contributed by atoms with van der Waals surface area (Å²) in [6.07, 6.45) is 6.14. The molecule has 0 aliphatic heterocycles. The largest absolute Gasteiger partial charge is 0.165 e. The first-order valence-corrected chi connectivity index (χ1v) is 6.21. The van der Waals surface area contributed by atoms with Crippen LogP contribution in [0.4, 0.5) is 0 Å². The van der Waals surface area contributed by atoms with E-state index in [0.29, 0.717) is 5.38 Å². The van der Waals surface area contributed by atoms with Crippen LogP contribution in [0, 0.1) is 11.8 Å². The third-order valence-corrected chi connectivity index (χ3v) is 4.08. The molecule has 3 unspecified atom stereocenters. The fourth-order valence-corrected chi connectivity index (χ4v) is 2.74. The van der Waals surface area contributed by atoms with Gasteiger partial charge in [-0.15, -0.1) is 11.6 Å². The van der Waals surface area contributed by atoms with Crippen molar-refractivity contribution in [2.75, 3.05) is 12.0 Å². The van der Waals surface area contributed by atoms with Crippen LogP contribution in [-0.2, 0) is 0 Å². The highest BCUT2D eigenvalue weighted by Crippen LogP contribution is 2.37. The molecule has 0 aromatic carbocycles. The lowest BCUT2D eigenvalue weighted by molar-refractivity contribution is 0.413. The van der Waals surface area contributed by atoms with Crippen LogP contribution in [0.15, 0.2) is 0 Å². The number of halogens is 1. The summed E-state index contributed by atoms with van der Waals surface area (Å²) < 4.78 is 0. The van der Waals surface area contributed by atoms with Crippen LogP contribution in [0.3, 0.4) is 0 Å². The second-order valence-corrected chi connectivity index (χ2v) is 5.04. The average molecular weight is 193 g/mol. The third-order valence-electron chi connectivity index (χ3n) is 2.82. The second kappa shape index (κ2) is 4.61. The van der Waals surface area contributed by atoms with Crippen LogP contribution in [0.25, 0.3) is 0 Å². The standard InChI is InChI=1S/C9H17ClS/c1-7-8(5-6-11-2)3-4-9(7)10/h7-9H,3-6H2,1-2H3. The van der Waals surface area contributed by atoms with Gasteiger partial charge < -0.3 is 0 Å². The Morgan fingerprint density at radius 3 is 2.64 bits per heavy atom. The van der Waals surface area contributed by atoms with Gasteiger partial charge in [0.1, 0.15) is 0 Å². The van der Waals surface area contributed by atoms with Crippen molar-refractivity contribution in [1.29, 1.82) is 0 Å². The number of rotatable bonds is 3. The summed E-state index contributed by atoms with van der Waals surface area (Å²) in [5.74, 6) is 2.97. The number of hydrogen-bond donors (Lipinski definition) is 0. The van der Waals surface area contributed by atoms with E-state index >= 15 is 0 Å². The smallest absolute Gasteiger partial charge is 0.0364 e. The van der Waals surface area contributed by atoms with Gasteiger partial charge in [0.25, 0.3) is 0 Å². The van der Waals surface area contributed by atoms with Gasteiger partial charge in [-0.25, -0.2) is 0 Å². The molecule has 1 aliphatic rings. The van der Waals surface area contributed by atoms with Crippen molar-refractivity contribution in [3.8, 4) is 0 Å². The van der Waals surface area contributed by atoms with Crippen molar-refractivity contribution in [3.63, 3.8) is 0 Å². The molecule has 1 saturated carbocycles. The molecule has 3 atom stereocenters. The minimum absolute atomic E-state index is 0.460. The number of thioether (sulfide) groups is 1. The molecule has 0 spiro atoms. The van der Waals surface area contributed by atoms with E-state index in [-0.39, 0.29) is 0 Å². The molecular weight excluding hydrogens is 176 g/mol. The molecule has 11 heavy (non-hydrogen) atoms. The van der Waals surface area contributed by atoms with E-state index in [1.54, 1.807) is 0 Å². The first-order chi connectivity index (χ1) is 5.25. The molecule has 0 aromatic heterocycles. The highest BCUT2D eigenvalue weighted by Gasteiger charge is 2.30. The van der Waals surface area contributed by atoms with Crippen molar-refractivity contribution in [2.24, 2.45) is 11.8 Å². The lowest BCUT2D eigenvalue weighted by atomic mass is 9.95. The Morgan fingerprint density at radius 1 is 1.45 bits per heavy atom. The molecule has 0 bridgehead atoms. The van der Waals surface area contributed by atoms with Gasteiger partial charge in [-0.3, -0.25) is 0 Å². The highest BCUT2D eigenvalue weighted by molar-refractivity contribution is 7.98. The molecule has 0 saturated heterocycles. The zero-order valence-corrected chi connectivity index (χ0v) is 8.92. The van der Waals surface area contributed by atoms with Crippen molar-refractivity contribution in [3.05, 3.63) is 0 Å². The summed E-state index contributed by atoms with van der Waals surface area (Å²) in [5, 5.41) is 0.460. The van der Waals surface area contributed by atoms with Crippen molar-refractivity contribution < 1.29 is 0 Å². The summed E-state index contributed by atoms with van der Waals surface area (Å²) in [6, 6.07) is 0. The van der Waals surface area contributed by atoms with Crippen LogP contribution < -0.4 is 0 Å². The van der Waals surface area contributed by atoms with Crippen LogP contribution in [-0.4, -0.2) is 17.4 Å². The van der Waals surface area contributed by atoms with Crippen LogP contribution in [0.1, 0.15) is 26.2 Å². The molecule has 0 radical (unpaired) electrons. The van der Waals surface area contributed by atoms with Gasteiger partial charge in [-0.1, -0.05) is 6.92 Å². The Labute approximate surface area is 79.1 Å². The minimum Gasteiger partial charge on any atom is -0.165 e. The average Bonchev–Trinajstić information content (AvgIpc) is 2.31. The molecule has 0 aromatic rings. The van der Waals surface area contributed by atoms with Gasteiger partial charge in [-0.2, -0.15) is 11.8 Å². The topological polar surface area (TPSA) is 0 Å². The summed E-state index contributed by atoms with van der Waals surface area (Å²) >= 11 is 8.08. The summed E-state index contributed by atoms with van der Waals surface area (Å²) in [7, 11) is 0. The summed E-state index contributed by atoms with van der Waals surface area (Å²) in [6.45, 7) is 2.30. The predicted molar refractivity (Wildman–Crippen MR) is 54.5 cm³/mol. The number of alkyl halides is 1. The van der Waals surface area contributed by atoms with Crippen LogP contribution >= 0.6 is 23.4 Å². The maximum atomic E-state index is 6.13. The van der Waals surface area contributed by atoms with Gasteiger partial charge in [-0.05, 0) is 43.1 Å². The highest BCUT2D eigenvalue weighted by atomic mass is 35.5. The Bertz CT molecular complexity index is 116. The van der Waals surface area contributed by atoms with E-state index in [2.05, 4.69) is 13.2 Å². The van der Waals surface area contributed by atoms with E-state index in [9.17, 15) is 0 Å². The molecule has 0 nitrogen and oxygen atoms in total. The van der Waals surface area contributed by atoms with E-state index in [4.69, 9.17) is 11.6 Å². The zero-order chi connectivity index (χ0) is 8.27. The molecule has 1 rings (SSSR count). The Hall–Kier alpha value is 0.640. The van der Waals surface area contributed by atoms with Crippen molar-refractivity contribution >= 4 is 23.4 Å². The Balaban J connectivity index is 2.24. The molecular formula is C9H17ClS. The Kier molecular flexibility index (Phi) is 4.08. The molecule has 1 fully saturated rings. The molecule has 0 heterocycles. The molecule has 0 N–H and O–H groups in total. The normalized spacial score (nSPS) is 37.9. The maximum Gasteiger partial charge on any atom is 0.0364 e. The van der Waals surface area contributed by atoms with Gasteiger partial charge in [0.2, 0.25) is 0 Å². The van der Waals surface area contributed by atoms with Crippen molar-refractivity contribution in [2.45, 2.75) is 31.6 Å². The van der Waals surface area contributed by atoms with E-state index < -0.39 is 0 Å². The molecule has 2 heteroatoms. The van der Waals surface area contributed by atoms with Gasteiger partial charge >= 0.3 is 0 Å². The monoisotopic (exact) mass is 192 g/mol. The molecule has 1 aliphatic carbocycles. The van der Waals surface area contributed by atoms with Crippen molar-refractivity contribution in [1.82, 2.24) is 0 Å². The summed E-state index contributed by atoms with van der Waals surface area (Å²) in [5.41, 5.74) is 0. The van der Waals surface area contributed by atoms with E-state index in [1.165, 1.54) is 25.0 Å². The quantitative estimate of drug-likeness (QED) is 0.618. The van der Waals surface area contributed by atoms with Crippen LogP contribution in [0.5, 0.6) is 0 Å². The fourth-order valence-electron chi connectivity index (χ4n) is 1.87. The lowest BCUT2D eigenvalue weighted by Gasteiger charge is -2.15. The van der Waals surface area contributed by atoms with Crippen LogP contribution in [0.2, 0.25) is 0 Å². The molecule has 0 amide bonds. The molecule has 66 valence electrons. The Morgan fingerprint density at radius 2 is 2.18 bits per heavy atom. The van der Waals surface area contributed by atoms with E-state index in [1.807, 2.05) is 11.8 Å². The number of hydrogen-bond acceptors (Lipinski definition) is 1. The fraction of sp³-hybridized carbons (Fsp3) is 1.00.